The van der Waals surface area contributed by atoms with E-state index in [2.05, 4.69) is 0 Å². The molecule has 112 valence electrons. The van der Waals surface area contributed by atoms with Gasteiger partial charge in [0, 0.05) is 6.54 Å². The van der Waals surface area contributed by atoms with E-state index in [0.29, 0.717) is 31.7 Å². The minimum Gasteiger partial charge on any atom is -0.479 e. The minimum atomic E-state index is -1.02. The fraction of sp³-hybridized carbons (Fsp3) is 0.467. The first kappa shape index (κ1) is 14.0. The number of aliphatic carboxylic acids is 1. The van der Waals surface area contributed by atoms with Gasteiger partial charge in [-0.05, 0) is 17.5 Å². The number of benzene rings is 1. The van der Waals surface area contributed by atoms with Crippen LogP contribution in [0.25, 0.3) is 0 Å². The van der Waals surface area contributed by atoms with E-state index in [1.165, 1.54) is 4.90 Å². The average molecular weight is 291 g/mol. The lowest BCUT2D eigenvalue weighted by Gasteiger charge is -2.37. The summed E-state index contributed by atoms with van der Waals surface area (Å²) in [6, 6.07) is 6.41. The quantitative estimate of drug-likeness (QED) is 0.864. The van der Waals surface area contributed by atoms with Crippen LogP contribution in [0.3, 0.4) is 0 Å². The number of fused-ring (bicyclic) bond motifs is 1. The Kier molecular flexibility index (Phi) is 3.90. The van der Waals surface area contributed by atoms with Crippen LogP contribution in [0.4, 0.5) is 0 Å². The maximum absolute atomic E-state index is 12.5. The van der Waals surface area contributed by atoms with Crippen molar-refractivity contribution in [1.82, 2.24) is 4.90 Å². The van der Waals surface area contributed by atoms with Crippen molar-refractivity contribution in [2.24, 2.45) is 0 Å². The molecule has 3 rings (SSSR count). The summed E-state index contributed by atoms with van der Waals surface area (Å²) in [5, 5.41) is 9.54. The van der Waals surface area contributed by atoms with Crippen molar-refractivity contribution in [3.8, 4) is 0 Å². The number of hydrogen-bond donors (Lipinski definition) is 1. The molecule has 0 saturated carbocycles. The van der Waals surface area contributed by atoms with E-state index in [-0.39, 0.29) is 12.5 Å². The van der Waals surface area contributed by atoms with Crippen molar-refractivity contribution in [3.63, 3.8) is 0 Å². The Hall–Kier alpha value is -1.92. The van der Waals surface area contributed by atoms with Crippen LogP contribution in [0.2, 0.25) is 0 Å². The summed E-state index contributed by atoms with van der Waals surface area (Å²) >= 11 is 0. The Bertz CT molecular complexity index is 553. The summed E-state index contributed by atoms with van der Waals surface area (Å²) in [6.07, 6.45) is -0.0509. The van der Waals surface area contributed by atoms with Crippen LogP contribution >= 0.6 is 0 Å². The molecule has 1 saturated heterocycles. The summed E-state index contributed by atoms with van der Waals surface area (Å²) < 4.78 is 10.6. The first-order chi connectivity index (χ1) is 10.2. The fourth-order valence-electron chi connectivity index (χ4n) is 2.89. The van der Waals surface area contributed by atoms with Gasteiger partial charge in [0.15, 0.2) is 12.1 Å². The minimum absolute atomic E-state index is 0.184. The van der Waals surface area contributed by atoms with Gasteiger partial charge in [-0.15, -0.1) is 0 Å². The highest BCUT2D eigenvalue weighted by atomic mass is 16.6. The summed E-state index contributed by atoms with van der Waals surface area (Å²) in [5.74, 6) is -1.33. The SMILES string of the molecule is O=C(O)[C@@H]1c2ccccc2CCN1C(=O)[C@@H]1COCCO1. The van der Waals surface area contributed by atoms with Crippen LogP contribution in [0, 0.1) is 0 Å². The zero-order chi connectivity index (χ0) is 14.8. The number of carboxylic acid groups (broad SMARTS) is 1. The summed E-state index contributed by atoms with van der Waals surface area (Å²) in [7, 11) is 0. The van der Waals surface area contributed by atoms with Gasteiger partial charge in [-0.2, -0.15) is 0 Å². The van der Waals surface area contributed by atoms with Gasteiger partial charge in [0.2, 0.25) is 0 Å². The molecule has 0 aliphatic carbocycles. The molecule has 2 heterocycles. The molecule has 2 aliphatic rings. The third kappa shape index (κ3) is 2.64. The lowest BCUT2D eigenvalue weighted by atomic mass is 9.92. The van der Waals surface area contributed by atoms with E-state index < -0.39 is 18.1 Å². The second kappa shape index (κ2) is 5.83. The zero-order valence-corrected chi connectivity index (χ0v) is 11.5. The number of amides is 1. The second-order valence-corrected chi connectivity index (χ2v) is 5.16. The van der Waals surface area contributed by atoms with Crippen LogP contribution in [0.15, 0.2) is 24.3 Å². The van der Waals surface area contributed by atoms with Crippen molar-refractivity contribution in [2.45, 2.75) is 18.6 Å². The number of rotatable bonds is 2. The fourth-order valence-corrected chi connectivity index (χ4v) is 2.89. The molecule has 2 aliphatic heterocycles. The number of carboxylic acids is 1. The third-order valence-electron chi connectivity index (χ3n) is 3.89. The van der Waals surface area contributed by atoms with Crippen LogP contribution in [0.1, 0.15) is 17.2 Å². The van der Waals surface area contributed by atoms with Gasteiger partial charge in [-0.3, -0.25) is 4.79 Å². The third-order valence-corrected chi connectivity index (χ3v) is 3.89. The van der Waals surface area contributed by atoms with E-state index in [1.807, 2.05) is 12.1 Å². The highest BCUT2D eigenvalue weighted by molar-refractivity contribution is 5.88. The molecule has 0 spiro atoms. The molecule has 6 nitrogen and oxygen atoms in total. The zero-order valence-electron chi connectivity index (χ0n) is 11.5. The molecule has 21 heavy (non-hydrogen) atoms. The van der Waals surface area contributed by atoms with E-state index in [9.17, 15) is 14.7 Å². The highest BCUT2D eigenvalue weighted by Gasteiger charge is 2.39. The first-order valence-electron chi connectivity index (χ1n) is 6.99. The Morgan fingerprint density at radius 1 is 1.24 bits per heavy atom. The number of ether oxygens (including phenoxy) is 2. The molecule has 1 fully saturated rings. The standard InChI is InChI=1S/C15H17NO5/c17-14(12-9-20-7-8-21-12)16-6-5-10-3-1-2-4-11(10)13(16)15(18)19/h1-4,12-13H,5-9H2,(H,18,19)/t12-,13-/m0/s1. The van der Waals surface area contributed by atoms with Crippen molar-refractivity contribution >= 4 is 11.9 Å². The van der Waals surface area contributed by atoms with Crippen molar-refractivity contribution < 1.29 is 24.2 Å². The molecule has 0 bridgehead atoms. The highest BCUT2D eigenvalue weighted by Crippen LogP contribution is 2.30. The van der Waals surface area contributed by atoms with Crippen molar-refractivity contribution in [1.29, 1.82) is 0 Å². The van der Waals surface area contributed by atoms with Crippen LogP contribution in [0.5, 0.6) is 0 Å². The van der Waals surface area contributed by atoms with Crippen LogP contribution in [-0.2, 0) is 25.5 Å². The number of hydrogen-bond acceptors (Lipinski definition) is 4. The van der Waals surface area contributed by atoms with E-state index in [4.69, 9.17) is 9.47 Å². The van der Waals surface area contributed by atoms with Gasteiger partial charge in [-0.25, -0.2) is 4.79 Å². The largest absolute Gasteiger partial charge is 0.479 e. The molecule has 0 radical (unpaired) electrons. The molecule has 1 aromatic rings. The van der Waals surface area contributed by atoms with E-state index >= 15 is 0 Å². The number of carbonyl (C=O) groups excluding carboxylic acids is 1. The number of carbonyl (C=O) groups is 2. The molecule has 0 unspecified atom stereocenters. The topological polar surface area (TPSA) is 76.1 Å². The van der Waals surface area contributed by atoms with Gasteiger partial charge in [0.05, 0.1) is 19.8 Å². The molecule has 1 N–H and O–H groups in total. The van der Waals surface area contributed by atoms with Gasteiger partial charge < -0.3 is 19.5 Å². The lowest BCUT2D eigenvalue weighted by Crippen LogP contribution is -2.50. The Morgan fingerprint density at radius 3 is 2.76 bits per heavy atom. The maximum atomic E-state index is 12.5. The van der Waals surface area contributed by atoms with Crippen LogP contribution < -0.4 is 0 Å². The molecule has 6 heteroatoms. The molecule has 1 amide bonds. The van der Waals surface area contributed by atoms with Gasteiger partial charge in [0.25, 0.3) is 5.91 Å². The van der Waals surface area contributed by atoms with Crippen molar-refractivity contribution in [2.75, 3.05) is 26.4 Å². The summed E-state index contributed by atoms with van der Waals surface area (Å²) in [4.78, 5) is 25.6. The molecule has 1 aromatic carbocycles. The Balaban J connectivity index is 1.88. The lowest BCUT2D eigenvalue weighted by molar-refractivity contribution is -0.166. The summed E-state index contributed by atoms with van der Waals surface area (Å²) in [5.41, 5.74) is 1.66. The number of nitrogens with zero attached hydrogens (tertiary/aromatic N) is 1. The average Bonchev–Trinajstić information content (AvgIpc) is 2.53. The molecular weight excluding hydrogens is 274 g/mol. The second-order valence-electron chi connectivity index (χ2n) is 5.16. The predicted molar refractivity (Wildman–Crippen MR) is 72.8 cm³/mol. The summed E-state index contributed by atoms with van der Waals surface area (Å²) in [6.45, 7) is 1.39. The van der Waals surface area contributed by atoms with Gasteiger partial charge >= 0.3 is 5.97 Å². The molecule has 2 atom stereocenters. The predicted octanol–water partition coefficient (Wildman–Crippen LogP) is 0.612. The normalized spacial score (nSPS) is 25.2. The monoisotopic (exact) mass is 291 g/mol. The Morgan fingerprint density at radius 2 is 2.05 bits per heavy atom. The van der Waals surface area contributed by atoms with Crippen molar-refractivity contribution in [3.05, 3.63) is 35.4 Å². The van der Waals surface area contributed by atoms with Gasteiger partial charge in [0.1, 0.15) is 0 Å². The Labute approximate surface area is 122 Å². The van der Waals surface area contributed by atoms with E-state index in [1.54, 1.807) is 12.1 Å². The molecule has 0 aromatic heterocycles. The van der Waals surface area contributed by atoms with Crippen LogP contribution in [-0.4, -0.2) is 54.4 Å². The van der Waals surface area contributed by atoms with E-state index in [0.717, 1.165) is 5.56 Å². The first-order valence-corrected chi connectivity index (χ1v) is 6.99. The van der Waals surface area contributed by atoms with Gasteiger partial charge in [-0.1, -0.05) is 24.3 Å². The smallest absolute Gasteiger partial charge is 0.331 e. The maximum Gasteiger partial charge on any atom is 0.331 e. The molecular formula is C15H17NO5.